The summed E-state index contributed by atoms with van der Waals surface area (Å²) < 4.78 is 5.28. The quantitative estimate of drug-likeness (QED) is 0.914. The van der Waals surface area contributed by atoms with E-state index in [4.69, 9.17) is 10.00 Å². The smallest absolute Gasteiger partial charge is 0.414 e. The van der Waals surface area contributed by atoms with Gasteiger partial charge in [0.15, 0.2) is 0 Å². The number of allylic oxidation sites excluding steroid dienone is 2. The van der Waals surface area contributed by atoms with E-state index in [0.717, 1.165) is 17.7 Å². The summed E-state index contributed by atoms with van der Waals surface area (Å²) in [5, 5.41) is 11.7. The molecule has 1 N–H and O–H groups in total. The zero-order valence-corrected chi connectivity index (χ0v) is 13.9. The van der Waals surface area contributed by atoms with E-state index in [1.54, 1.807) is 4.90 Å². The molecule has 0 aromatic heterocycles. The van der Waals surface area contributed by atoms with E-state index in [0.29, 0.717) is 24.9 Å². The van der Waals surface area contributed by atoms with Crippen LogP contribution in [0.3, 0.4) is 0 Å². The van der Waals surface area contributed by atoms with Crippen LogP contribution < -0.4 is 10.2 Å². The molecule has 1 saturated carbocycles. The molecule has 0 bridgehead atoms. The molecule has 1 aliphatic heterocycles. The number of nitrogens with one attached hydrogen (secondary N) is 1. The molecule has 3 aliphatic rings. The molecule has 0 spiro atoms. The summed E-state index contributed by atoms with van der Waals surface area (Å²) in [5.41, 5.74) is 3.23. The lowest BCUT2D eigenvalue weighted by molar-refractivity contribution is -0.119. The van der Waals surface area contributed by atoms with Gasteiger partial charge in [0, 0.05) is 12.6 Å². The fourth-order valence-electron chi connectivity index (χ4n) is 3.79. The van der Waals surface area contributed by atoms with Gasteiger partial charge in [-0.15, -0.1) is 0 Å². The second kappa shape index (κ2) is 5.92. The molecule has 4 atom stereocenters. The number of amides is 2. The lowest BCUT2D eigenvalue weighted by Crippen LogP contribution is -2.33. The number of fused-ring (bicyclic) bond motifs is 1. The maximum Gasteiger partial charge on any atom is 0.414 e. The zero-order valence-electron chi connectivity index (χ0n) is 13.9. The van der Waals surface area contributed by atoms with Gasteiger partial charge in [0.25, 0.3) is 0 Å². The Morgan fingerprint density at radius 2 is 2.16 bits per heavy atom. The van der Waals surface area contributed by atoms with Crippen molar-refractivity contribution in [2.45, 2.75) is 19.4 Å². The SMILES string of the molecule is CC(=O)NC[C@H]1CN(c2ccc(C3=CC4C(C#N)C4C3)cc2)C(=O)O1. The molecule has 0 radical (unpaired) electrons. The molecule has 1 heterocycles. The largest absolute Gasteiger partial charge is 0.442 e. The van der Waals surface area contributed by atoms with Crippen LogP contribution >= 0.6 is 0 Å². The Balaban J connectivity index is 1.41. The second-order valence-electron chi connectivity index (χ2n) is 6.89. The van der Waals surface area contributed by atoms with Crippen molar-refractivity contribution in [3.63, 3.8) is 0 Å². The molecule has 6 heteroatoms. The number of hydrogen-bond donors (Lipinski definition) is 1. The molecule has 1 aromatic rings. The average Bonchev–Trinajstić information content (AvgIpc) is 2.94. The molecule has 4 rings (SSSR count). The topological polar surface area (TPSA) is 82.4 Å². The molecular formula is C19H19N3O3. The third-order valence-corrected chi connectivity index (χ3v) is 5.23. The number of nitriles is 1. The summed E-state index contributed by atoms with van der Waals surface area (Å²) >= 11 is 0. The van der Waals surface area contributed by atoms with Crippen molar-refractivity contribution in [2.24, 2.45) is 17.8 Å². The molecule has 2 amide bonds. The van der Waals surface area contributed by atoms with E-state index in [1.165, 1.54) is 12.5 Å². The Labute approximate surface area is 146 Å². The molecule has 3 unspecified atom stereocenters. The fraction of sp³-hybridized carbons (Fsp3) is 0.421. The molecule has 6 nitrogen and oxygen atoms in total. The van der Waals surface area contributed by atoms with Crippen molar-refractivity contribution in [3.05, 3.63) is 35.9 Å². The maximum atomic E-state index is 12.0. The van der Waals surface area contributed by atoms with Gasteiger partial charge in [-0.2, -0.15) is 5.26 Å². The van der Waals surface area contributed by atoms with E-state index in [9.17, 15) is 9.59 Å². The Hall–Kier alpha value is -2.81. The summed E-state index contributed by atoms with van der Waals surface area (Å²) in [6.07, 6.45) is 2.47. The highest BCUT2D eigenvalue weighted by Gasteiger charge is 2.52. The normalized spacial score (nSPS) is 29.5. The number of ether oxygens (including phenoxy) is 1. The predicted molar refractivity (Wildman–Crippen MR) is 91.4 cm³/mol. The lowest BCUT2D eigenvalue weighted by atomic mass is 10.0. The van der Waals surface area contributed by atoms with E-state index in [2.05, 4.69) is 17.5 Å². The van der Waals surface area contributed by atoms with Crippen molar-refractivity contribution in [3.8, 4) is 6.07 Å². The Bertz CT molecular complexity index is 793. The van der Waals surface area contributed by atoms with E-state index < -0.39 is 0 Å². The first-order valence-corrected chi connectivity index (χ1v) is 8.50. The van der Waals surface area contributed by atoms with Gasteiger partial charge < -0.3 is 10.1 Å². The van der Waals surface area contributed by atoms with Crippen molar-refractivity contribution in [1.82, 2.24) is 5.32 Å². The van der Waals surface area contributed by atoms with Gasteiger partial charge >= 0.3 is 6.09 Å². The highest BCUT2D eigenvalue weighted by atomic mass is 16.6. The first-order chi connectivity index (χ1) is 12.1. The van der Waals surface area contributed by atoms with Crippen LogP contribution in [0.4, 0.5) is 10.5 Å². The highest BCUT2D eigenvalue weighted by molar-refractivity contribution is 5.90. The number of rotatable bonds is 4. The average molecular weight is 337 g/mol. The molecule has 1 aromatic carbocycles. The van der Waals surface area contributed by atoms with Gasteiger partial charge in [0.05, 0.1) is 25.1 Å². The number of hydrogen-bond acceptors (Lipinski definition) is 4. The van der Waals surface area contributed by atoms with Crippen molar-refractivity contribution >= 4 is 23.3 Å². The van der Waals surface area contributed by atoms with Crippen LogP contribution in [0.1, 0.15) is 18.9 Å². The zero-order chi connectivity index (χ0) is 17.6. The monoisotopic (exact) mass is 337 g/mol. The number of benzene rings is 1. The van der Waals surface area contributed by atoms with Crippen LogP contribution in [-0.2, 0) is 9.53 Å². The van der Waals surface area contributed by atoms with Crippen LogP contribution in [-0.4, -0.2) is 31.2 Å². The summed E-state index contributed by atoms with van der Waals surface area (Å²) in [4.78, 5) is 24.6. The Morgan fingerprint density at radius 1 is 1.40 bits per heavy atom. The molecular weight excluding hydrogens is 318 g/mol. The number of anilines is 1. The number of carbonyl (C=O) groups excluding carboxylic acids is 2. The van der Waals surface area contributed by atoms with E-state index >= 15 is 0 Å². The summed E-state index contributed by atoms with van der Waals surface area (Å²) in [7, 11) is 0. The Kier molecular flexibility index (Phi) is 3.72. The van der Waals surface area contributed by atoms with Crippen LogP contribution in [0.5, 0.6) is 0 Å². The summed E-state index contributed by atoms with van der Waals surface area (Å²) in [5.74, 6) is 1.01. The van der Waals surface area contributed by atoms with Crippen molar-refractivity contribution < 1.29 is 14.3 Å². The predicted octanol–water partition coefficient (Wildman–Crippen LogP) is 2.32. The molecule has 2 aliphatic carbocycles. The summed E-state index contributed by atoms with van der Waals surface area (Å²) in [6, 6.07) is 10.2. The minimum absolute atomic E-state index is 0.139. The number of nitrogens with zero attached hydrogens (tertiary/aromatic N) is 2. The molecule has 128 valence electrons. The van der Waals surface area contributed by atoms with Gasteiger partial charge in [-0.05, 0) is 41.5 Å². The van der Waals surface area contributed by atoms with Crippen LogP contribution in [0.2, 0.25) is 0 Å². The third kappa shape index (κ3) is 2.86. The van der Waals surface area contributed by atoms with Gasteiger partial charge in [0.2, 0.25) is 5.91 Å². The van der Waals surface area contributed by atoms with E-state index in [1.807, 2.05) is 24.3 Å². The minimum Gasteiger partial charge on any atom is -0.442 e. The first-order valence-electron chi connectivity index (χ1n) is 8.50. The van der Waals surface area contributed by atoms with Gasteiger partial charge in [-0.1, -0.05) is 18.2 Å². The van der Waals surface area contributed by atoms with Crippen molar-refractivity contribution in [1.29, 1.82) is 5.26 Å². The minimum atomic E-state index is -0.388. The Morgan fingerprint density at radius 3 is 2.76 bits per heavy atom. The fourth-order valence-corrected chi connectivity index (χ4v) is 3.79. The summed E-state index contributed by atoms with van der Waals surface area (Å²) in [6.45, 7) is 2.19. The van der Waals surface area contributed by atoms with Gasteiger partial charge in [-0.3, -0.25) is 9.69 Å². The van der Waals surface area contributed by atoms with Gasteiger partial charge in [0.1, 0.15) is 6.10 Å². The number of cyclic esters (lactones) is 1. The third-order valence-electron chi connectivity index (χ3n) is 5.23. The molecule has 25 heavy (non-hydrogen) atoms. The highest BCUT2D eigenvalue weighted by Crippen LogP contribution is 2.57. The van der Waals surface area contributed by atoms with Crippen LogP contribution in [0.25, 0.3) is 5.57 Å². The van der Waals surface area contributed by atoms with Gasteiger partial charge in [-0.25, -0.2) is 4.79 Å². The van der Waals surface area contributed by atoms with E-state index in [-0.39, 0.29) is 24.0 Å². The first kappa shape index (κ1) is 15.7. The second-order valence-corrected chi connectivity index (χ2v) is 6.89. The maximum absolute atomic E-state index is 12.0. The molecule has 2 fully saturated rings. The lowest BCUT2D eigenvalue weighted by Gasteiger charge is -2.14. The molecule has 1 saturated heterocycles. The number of carbonyl (C=O) groups is 2. The van der Waals surface area contributed by atoms with Crippen molar-refractivity contribution in [2.75, 3.05) is 18.0 Å². The standard InChI is InChI=1S/C19H19N3O3/c1-11(23)21-9-15-10-22(19(24)25-15)14-4-2-12(3-5-14)13-6-16-17(7-13)18(16)8-20/h2-6,15-18H,7,9-10H2,1H3,(H,21,23)/t15-,16?,17?,18?/m0/s1. The van der Waals surface area contributed by atoms with Crippen LogP contribution in [0, 0.1) is 29.1 Å². The van der Waals surface area contributed by atoms with Crippen LogP contribution in [0.15, 0.2) is 30.3 Å².